The lowest BCUT2D eigenvalue weighted by atomic mass is 10.1. The lowest BCUT2D eigenvalue weighted by Crippen LogP contribution is -2.14. The summed E-state index contributed by atoms with van der Waals surface area (Å²) < 4.78 is 0. The predicted molar refractivity (Wildman–Crippen MR) is 91.9 cm³/mol. The second-order valence-electron chi connectivity index (χ2n) is 5.26. The van der Waals surface area contributed by atoms with Crippen molar-refractivity contribution in [3.8, 4) is 11.3 Å². The van der Waals surface area contributed by atoms with E-state index in [1.165, 1.54) is 6.92 Å². The molecule has 0 unspecified atom stereocenters. The number of nitrogens with zero attached hydrogens (tertiary/aromatic N) is 2. The second kappa shape index (κ2) is 6.83. The van der Waals surface area contributed by atoms with Crippen molar-refractivity contribution in [2.24, 2.45) is 0 Å². The van der Waals surface area contributed by atoms with Crippen LogP contribution in [0.4, 0.5) is 5.69 Å². The third-order valence-electron chi connectivity index (χ3n) is 3.52. The summed E-state index contributed by atoms with van der Waals surface area (Å²) in [5.41, 5.74) is 3.07. The van der Waals surface area contributed by atoms with E-state index in [4.69, 9.17) is 0 Å². The summed E-state index contributed by atoms with van der Waals surface area (Å²) in [6.07, 6.45) is 0. The number of amides is 1. The summed E-state index contributed by atoms with van der Waals surface area (Å²) in [6, 6.07) is 19.7. The molecule has 1 amide bonds. The highest BCUT2D eigenvalue weighted by Crippen LogP contribution is 2.16. The summed E-state index contributed by atoms with van der Waals surface area (Å²) in [7, 11) is 0. The van der Waals surface area contributed by atoms with Gasteiger partial charge in [0, 0.05) is 16.8 Å². The van der Waals surface area contributed by atoms with Gasteiger partial charge < -0.3 is 5.32 Å². The molecule has 0 spiro atoms. The molecule has 0 radical (unpaired) electrons. The lowest BCUT2D eigenvalue weighted by Gasteiger charge is -2.05. The van der Waals surface area contributed by atoms with Gasteiger partial charge in [-0.3, -0.25) is 9.59 Å². The maximum absolute atomic E-state index is 12.2. The average molecular weight is 317 g/mol. The van der Waals surface area contributed by atoms with Crippen LogP contribution >= 0.6 is 0 Å². The minimum absolute atomic E-state index is 0.0183. The van der Waals surface area contributed by atoms with E-state index in [0.29, 0.717) is 16.9 Å². The van der Waals surface area contributed by atoms with E-state index in [1.54, 1.807) is 36.4 Å². The number of nitrogens with one attached hydrogen (secondary N) is 1. The van der Waals surface area contributed by atoms with Crippen LogP contribution in [0.25, 0.3) is 11.3 Å². The van der Waals surface area contributed by atoms with E-state index in [1.807, 2.05) is 30.3 Å². The summed E-state index contributed by atoms with van der Waals surface area (Å²) in [4.78, 5) is 23.4. The zero-order valence-electron chi connectivity index (χ0n) is 13.1. The van der Waals surface area contributed by atoms with Gasteiger partial charge in [-0.2, -0.15) is 0 Å². The average Bonchev–Trinajstić information content (AvgIpc) is 2.63. The van der Waals surface area contributed by atoms with Crippen LogP contribution in [-0.2, 0) is 0 Å². The number of anilines is 1. The van der Waals surface area contributed by atoms with E-state index in [-0.39, 0.29) is 17.4 Å². The molecule has 0 aliphatic heterocycles. The van der Waals surface area contributed by atoms with Gasteiger partial charge in [-0.25, -0.2) is 0 Å². The zero-order chi connectivity index (χ0) is 16.9. The summed E-state index contributed by atoms with van der Waals surface area (Å²) >= 11 is 0. The van der Waals surface area contributed by atoms with Crippen molar-refractivity contribution in [1.82, 2.24) is 10.2 Å². The van der Waals surface area contributed by atoms with Crippen LogP contribution in [0.3, 0.4) is 0 Å². The number of hydrogen-bond acceptors (Lipinski definition) is 4. The van der Waals surface area contributed by atoms with Crippen molar-refractivity contribution in [3.05, 3.63) is 78.0 Å². The maximum atomic E-state index is 12.2. The van der Waals surface area contributed by atoms with Crippen LogP contribution in [-0.4, -0.2) is 21.9 Å². The van der Waals surface area contributed by atoms with E-state index in [0.717, 1.165) is 5.56 Å². The molecule has 3 aromatic rings. The van der Waals surface area contributed by atoms with Crippen molar-refractivity contribution in [3.63, 3.8) is 0 Å². The number of rotatable bonds is 4. The first kappa shape index (κ1) is 15.6. The number of Topliss-reactive ketones (excluding diaryl/α,β-unsaturated/α-hetero) is 1. The Morgan fingerprint density at radius 2 is 1.54 bits per heavy atom. The molecule has 0 saturated heterocycles. The quantitative estimate of drug-likeness (QED) is 0.746. The largest absolute Gasteiger partial charge is 0.321 e. The fraction of sp³-hybridized carbons (Fsp3) is 0.0526. The molecule has 1 heterocycles. The Labute approximate surface area is 139 Å². The van der Waals surface area contributed by atoms with Crippen molar-refractivity contribution in [1.29, 1.82) is 0 Å². The van der Waals surface area contributed by atoms with E-state index < -0.39 is 0 Å². The number of carbonyl (C=O) groups excluding carboxylic acids is 2. The highest BCUT2D eigenvalue weighted by atomic mass is 16.2. The zero-order valence-corrected chi connectivity index (χ0v) is 13.1. The van der Waals surface area contributed by atoms with Gasteiger partial charge in [0.25, 0.3) is 5.91 Å². The van der Waals surface area contributed by atoms with Crippen molar-refractivity contribution >= 4 is 17.4 Å². The van der Waals surface area contributed by atoms with Crippen molar-refractivity contribution in [2.45, 2.75) is 6.92 Å². The van der Waals surface area contributed by atoms with Crippen molar-refractivity contribution < 1.29 is 9.59 Å². The Morgan fingerprint density at radius 3 is 2.12 bits per heavy atom. The smallest absolute Gasteiger partial charge is 0.276 e. The Balaban J connectivity index is 1.72. The molecule has 0 saturated carbocycles. The van der Waals surface area contributed by atoms with Gasteiger partial charge in [-0.05, 0) is 43.3 Å². The Hall–Kier alpha value is -3.34. The van der Waals surface area contributed by atoms with E-state index in [9.17, 15) is 9.59 Å². The maximum Gasteiger partial charge on any atom is 0.276 e. The highest BCUT2D eigenvalue weighted by molar-refractivity contribution is 6.03. The Kier molecular flexibility index (Phi) is 4.43. The Morgan fingerprint density at radius 1 is 0.833 bits per heavy atom. The van der Waals surface area contributed by atoms with Crippen LogP contribution in [0.5, 0.6) is 0 Å². The SMILES string of the molecule is CC(=O)c1ccc(NC(=O)c2ccc(-c3ccccc3)nn2)cc1. The van der Waals surface area contributed by atoms with Gasteiger partial charge in [0.2, 0.25) is 0 Å². The number of carbonyl (C=O) groups is 2. The molecule has 24 heavy (non-hydrogen) atoms. The summed E-state index contributed by atoms with van der Waals surface area (Å²) in [6.45, 7) is 1.50. The minimum Gasteiger partial charge on any atom is -0.321 e. The van der Waals surface area contributed by atoms with E-state index >= 15 is 0 Å². The van der Waals surface area contributed by atoms with Gasteiger partial charge in [0.05, 0.1) is 5.69 Å². The van der Waals surface area contributed by atoms with Gasteiger partial charge in [0.1, 0.15) is 0 Å². The molecule has 1 aromatic heterocycles. The number of benzene rings is 2. The third kappa shape index (κ3) is 3.52. The fourth-order valence-electron chi connectivity index (χ4n) is 2.20. The molecule has 0 aliphatic rings. The molecule has 0 fully saturated rings. The topological polar surface area (TPSA) is 72.0 Å². The first-order chi connectivity index (χ1) is 11.6. The van der Waals surface area contributed by atoms with Gasteiger partial charge in [-0.15, -0.1) is 10.2 Å². The molecular formula is C19H15N3O2. The van der Waals surface area contributed by atoms with Gasteiger partial charge >= 0.3 is 0 Å². The van der Waals surface area contributed by atoms with Crippen LogP contribution in [0.15, 0.2) is 66.7 Å². The summed E-state index contributed by atoms with van der Waals surface area (Å²) in [5, 5.41) is 10.8. The van der Waals surface area contributed by atoms with Crippen LogP contribution in [0.1, 0.15) is 27.8 Å². The molecule has 0 bridgehead atoms. The highest BCUT2D eigenvalue weighted by Gasteiger charge is 2.09. The molecule has 1 N–H and O–H groups in total. The minimum atomic E-state index is -0.349. The Bertz CT molecular complexity index is 857. The van der Waals surface area contributed by atoms with Gasteiger partial charge in [0.15, 0.2) is 11.5 Å². The standard InChI is InChI=1S/C19H15N3O2/c1-13(23)14-7-9-16(10-8-14)20-19(24)18-12-11-17(21-22-18)15-5-3-2-4-6-15/h2-12H,1H3,(H,20,24). The van der Waals surface area contributed by atoms with Gasteiger partial charge in [-0.1, -0.05) is 30.3 Å². The van der Waals surface area contributed by atoms with Crippen LogP contribution in [0, 0.1) is 0 Å². The molecule has 3 rings (SSSR count). The molecule has 118 valence electrons. The lowest BCUT2D eigenvalue weighted by molar-refractivity contribution is 0.101. The molecule has 5 nitrogen and oxygen atoms in total. The number of ketones is 1. The molecule has 2 aromatic carbocycles. The molecular weight excluding hydrogens is 302 g/mol. The third-order valence-corrected chi connectivity index (χ3v) is 3.52. The van der Waals surface area contributed by atoms with Crippen LogP contribution in [0.2, 0.25) is 0 Å². The summed E-state index contributed by atoms with van der Waals surface area (Å²) in [5.74, 6) is -0.368. The molecule has 0 atom stereocenters. The van der Waals surface area contributed by atoms with E-state index in [2.05, 4.69) is 15.5 Å². The first-order valence-corrected chi connectivity index (χ1v) is 7.45. The monoisotopic (exact) mass is 317 g/mol. The number of aromatic nitrogens is 2. The van der Waals surface area contributed by atoms with Crippen molar-refractivity contribution in [2.75, 3.05) is 5.32 Å². The normalized spacial score (nSPS) is 10.2. The first-order valence-electron chi connectivity index (χ1n) is 7.45. The number of hydrogen-bond donors (Lipinski definition) is 1. The molecule has 5 heteroatoms. The molecule has 0 aliphatic carbocycles. The second-order valence-corrected chi connectivity index (χ2v) is 5.26. The fourth-order valence-corrected chi connectivity index (χ4v) is 2.20. The predicted octanol–water partition coefficient (Wildman–Crippen LogP) is 3.60. The van der Waals surface area contributed by atoms with Crippen LogP contribution < -0.4 is 5.32 Å².